The van der Waals surface area contributed by atoms with Crippen molar-refractivity contribution in [2.45, 2.75) is 38.0 Å². The summed E-state index contributed by atoms with van der Waals surface area (Å²) >= 11 is 0. The first-order chi connectivity index (χ1) is 28.8. The third-order valence-corrected chi connectivity index (χ3v) is 10.2. The van der Waals surface area contributed by atoms with E-state index in [2.05, 4.69) is 10.6 Å². The lowest BCUT2D eigenvalue weighted by molar-refractivity contribution is -0.141. The van der Waals surface area contributed by atoms with E-state index in [0.29, 0.717) is 46.0 Å². The highest BCUT2D eigenvalue weighted by Gasteiger charge is 2.29. The van der Waals surface area contributed by atoms with Crippen molar-refractivity contribution < 1.29 is 49.2 Å². The summed E-state index contributed by atoms with van der Waals surface area (Å²) in [6.07, 6.45) is 2.95. The predicted molar refractivity (Wildman–Crippen MR) is 220 cm³/mol. The number of Topliss-reactive ketones (excluding diaryl/α,β-unsaturated/α-hetero) is 2. The molecular weight excluding hydrogens is 769 g/mol. The third-order valence-electron chi connectivity index (χ3n) is 10.2. The number of carbonyl (C=O) groups is 6. The molecule has 0 aliphatic rings. The van der Waals surface area contributed by atoms with Crippen molar-refractivity contribution in [1.82, 2.24) is 19.8 Å². The molecule has 6 N–H and O–H groups in total. The number of phenols is 2. The minimum atomic E-state index is -1.38. The zero-order valence-corrected chi connectivity index (χ0v) is 31.8. The molecule has 0 aliphatic heterocycles. The second-order valence-corrected chi connectivity index (χ2v) is 14.3. The Labute approximate surface area is 341 Å². The fraction of sp³-hybridized carbons (Fsp3) is 0.130. The molecule has 302 valence electrons. The molecule has 0 radical (unpaired) electrons. The van der Waals surface area contributed by atoms with Crippen LogP contribution in [-0.4, -0.2) is 77.0 Å². The maximum Gasteiger partial charge on any atom is 0.326 e. The van der Waals surface area contributed by atoms with Crippen LogP contribution in [0, 0.1) is 0 Å². The van der Waals surface area contributed by atoms with Crippen LogP contribution in [0.5, 0.6) is 11.5 Å². The highest BCUT2D eigenvalue weighted by atomic mass is 16.4. The van der Waals surface area contributed by atoms with Gasteiger partial charge in [0, 0.05) is 60.1 Å². The van der Waals surface area contributed by atoms with Crippen LogP contribution in [0.3, 0.4) is 0 Å². The quantitative estimate of drug-likeness (QED) is 0.0561. The van der Waals surface area contributed by atoms with Gasteiger partial charge in [-0.15, -0.1) is 0 Å². The zero-order chi connectivity index (χ0) is 42.5. The smallest absolute Gasteiger partial charge is 0.326 e. The molecule has 2 heterocycles. The van der Waals surface area contributed by atoms with Crippen molar-refractivity contribution in [3.8, 4) is 11.5 Å². The van der Waals surface area contributed by atoms with Crippen molar-refractivity contribution in [2.75, 3.05) is 0 Å². The molecule has 2 amide bonds. The number of carboxylic acids is 2. The van der Waals surface area contributed by atoms with Crippen LogP contribution in [-0.2, 0) is 45.1 Å². The SMILES string of the molecule is O=C(N[C@@H](Cc1ccc(O)cc1)C(=O)O)C(=O)c1cn(Cc2ccc(Cn3cc(C(=O)C(=O)N[C@@H](Cc4ccc(O)cc4)C(=O)O)c4ccccc43)cc2)c2ccccc12. The van der Waals surface area contributed by atoms with Crippen LogP contribution >= 0.6 is 0 Å². The Morgan fingerprint density at radius 3 is 1.15 bits per heavy atom. The van der Waals surface area contributed by atoms with Crippen LogP contribution < -0.4 is 10.6 Å². The molecule has 0 saturated carbocycles. The first-order valence-corrected chi connectivity index (χ1v) is 18.8. The Morgan fingerprint density at radius 1 is 0.467 bits per heavy atom. The summed E-state index contributed by atoms with van der Waals surface area (Å²) in [5.74, 6) is -6.51. The van der Waals surface area contributed by atoms with Gasteiger partial charge in [0.2, 0.25) is 0 Å². The number of hydrogen-bond acceptors (Lipinski definition) is 8. The monoisotopic (exact) mass is 806 g/mol. The molecule has 60 heavy (non-hydrogen) atoms. The van der Waals surface area contributed by atoms with Crippen molar-refractivity contribution >= 4 is 57.1 Å². The number of amides is 2. The van der Waals surface area contributed by atoms with E-state index >= 15 is 0 Å². The first kappa shape index (κ1) is 40.2. The number of aromatic nitrogens is 2. The summed E-state index contributed by atoms with van der Waals surface area (Å²) in [4.78, 5) is 77.3. The lowest BCUT2D eigenvalue weighted by Gasteiger charge is -2.14. The molecule has 0 spiro atoms. The Hall–Kier alpha value is -8.00. The molecule has 0 unspecified atom stereocenters. The number of rotatable bonds is 16. The highest BCUT2D eigenvalue weighted by Crippen LogP contribution is 2.26. The summed E-state index contributed by atoms with van der Waals surface area (Å²) in [7, 11) is 0. The molecule has 2 aromatic heterocycles. The summed E-state index contributed by atoms with van der Waals surface area (Å²) in [6, 6.07) is 30.8. The van der Waals surface area contributed by atoms with E-state index in [1.807, 2.05) is 45.5 Å². The van der Waals surface area contributed by atoms with E-state index in [-0.39, 0.29) is 35.5 Å². The van der Waals surface area contributed by atoms with Crippen molar-refractivity contribution in [3.05, 3.63) is 167 Å². The topological polar surface area (TPSA) is 217 Å². The van der Waals surface area contributed by atoms with Crippen LogP contribution in [0.4, 0.5) is 0 Å². The van der Waals surface area contributed by atoms with Gasteiger partial charge in [-0.2, -0.15) is 0 Å². The molecule has 2 atom stereocenters. The van der Waals surface area contributed by atoms with Gasteiger partial charge in [-0.25, -0.2) is 9.59 Å². The molecule has 5 aromatic carbocycles. The number of nitrogens with zero attached hydrogens (tertiary/aromatic N) is 2. The van der Waals surface area contributed by atoms with Crippen LogP contribution in [0.25, 0.3) is 21.8 Å². The minimum absolute atomic E-state index is 0.0103. The molecule has 7 aromatic rings. The molecule has 0 fully saturated rings. The molecule has 14 heteroatoms. The fourth-order valence-corrected chi connectivity index (χ4v) is 7.09. The number of benzene rings is 5. The Kier molecular flexibility index (Phi) is 11.6. The van der Waals surface area contributed by atoms with E-state index in [1.54, 1.807) is 48.8 Å². The normalized spacial score (nSPS) is 12.1. The lowest BCUT2D eigenvalue weighted by atomic mass is 10.0. The third kappa shape index (κ3) is 8.92. The number of phenolic OH excluding ortho intramolecular Hbond substituents is 2. The average molecular weight is 807 g/mol. The fourth-order valence-electron chi connectivity index (χ4n) is 7.09. The van der Waals surface area contributed by atoms with E-state index in [4.69, 9.17) is 0 Å². The minimum Gasteiger partial charge on any atom is -0.508 e. The van der Waals surface area contributed by atoms with Gasteiger partial charge in [0.05, 0.1) is 11.1 Å². The van der Waals surface area contributed by atoms with Gasteiger partial charge < -0.3 is 40.2 Å². The molecule has 0 saturated heterocycles. The Morgan fingerprint density at radius 2 is 0.800 bits per heavy atom. The van der Waals surface area contributed by atoms with Gasteiger partial charge in [0.15, 0.2) is 0 Å². The average Bonchev–Trinajstić information content (AvgIpc) is 3.80. The number of para-hydroxylation sites is 2. The van der Waals surface area contributed by atoms with Crippen molar-refractivity contribution in [3.63, 3.8) is 0 Å². The Bertz CT molecular complexity index is 2580. The zero-order valence-electron chi connectivity index (χ0n) is 31.8. The van der Waals surface area contributed by atoms with E-state index in [0.717, 1.165) is 11.1 Å². The van der Waals surface area contributed by atoms with Crippen LogP contribution in [0.15, 0.2) is 134 Å². The van der Waals surface area contributed by atoms with Gasteiger partial charge in [-0.1, -0.05) is 84.9 Å². The maximum atomic E-state index is 13.5. The molecular formula is C46H38N4O10. The number of ketones is 2. The molecule has 0 bridgehead atoms. The lowest BCUT2D eigenvalue weighted by Crippen LogP contribution is -2.45. The Balaban J connectivity index is 1.05. The second-order valence-electron chi connectivity index (χ2n) is 14.3. The summed E-state index contributed by atoms with van der Waals surface area (Å²) in [5, 5.41) is 44.4. The number of aliphatic carboxylic acids is 2. The number of hydrogen-bond donors (Lipinski definition) is 6. The summed E-state index contributed by atoms with van der Waals surface area (Å²) < 4.78 is 3.66. The van der Waals surface area contributed by atoms with Gasteiger partial charge in [-0.3, -0.25) is 19.2 Å². The molecule has 14 nitrogen and oxygen atoms in total. The number of carboxylic acid groups (broad SMARTS) is 2. The van der Waals surface area contributed by atoms with Crippen molar-refractivity contribution in [1.29, 1.82) is 0 Å². The number of nitrogens with one attached hydrogen (secondary N) is 2. The van der Waals surface area contributed by atoms with Crippen LogP contribution in [0.2, 0.25) is 0 Å². The number of carbonyl (C=O) groups excluding carboxylic acids is 4. The van der Waals surface area contributed by atoms with Gasteiger partial charge in [-0.05, 0) is 58.7 Å². The van der Waals surface area contributed by atoms with E-state index < -0.39 is 47.4 Å². The van der Waals surface area contributed by atoms with E-state index in [1.165, 1.54) is 48.5 Å². The van der Waals surface area contributed by atoms with Gasteiger partial charge in [0.25, 0.3) is 23.4 Å². The first-order valence-electron chi connectivity index (χ1n) is 18.8. The van der Waals surface area contributed by atoms with Gasteiger partial charge in [0.1, 0.15) is 23.6 Å². The maximum absolute atomic E-state index is 13.5. The predicted octanol–water partition coefficient (Wildman–Crippen LogP) is 5.09. The van der Waals surface area contributed by atoms with Crippen LogP contribution in [0.1, 0.15) is 43.0 Å². The standard InChI is InChI=1S/C46H38N4O10/c51-31-17-13-27(14-18-31)21-37(45(57)58)47-43(55)41(53)35-25-49(39-7-3-1-5-33(35)39)23-29-9-11-30(12-10-29)24-50-26-36(34-6-2-4-8-40(34)50)42(54)44(56)48-38(46(59)60)22-28-15-19-32(52)20-16-28/h1-20,25-26,37-38,51-52H,21-24H2,(H,47,55)(H,48,56)(H,57,58)(H,59,60)/t37-,38-/m0/s1. The molecule has 0 aliphatic carbocycles. The number of fused-ring (bicyclic) bond motifs is 2. The van der Waals surface area contributed by atoms with Crippen molar-refractivity contribution in [2.24, 2.45) is 0 Å². The number of aromatic hydroxyl groups is 2. The largest absolute Gasteiger partial charge is 0.508 e. The van der Waals surface area contributed by atoms with Gasteiger partial charge >= 0.3 is 11.9 Å². The highest BCUT2D eigenvalue weighted by molar-refractivity contribution is 6.45. The van der Waals surface area contributed by atoms with E-state index in [9.17, 15) is 49.2 Å². The summed E-state index contributed by atoms with van der Waals surface area (Å²) in [6.45, 7) is 0.664. The molecule has 7 rings (SSSR count). The summed E-state index contributed by atoms with van der Waals surface area (Å²) in [5.41, 5.74) is 4.44. The second kappa shape index (κ2) is 17.2.